The summed E-state index contributed by atoms with van der Waals surface area (Å²) in [5.41, 5.74) is 2.33. The number of pyridine rings is 1. The molecule has 0 unspecified atom stereocenters. The predicted octanol–water partition coefficient (Wildman–Crippen LogP) is 2.46. The SMILES string of the molecule is CN(CCc1ccccn1)Cc1csc(CNC2CC2)n1. The van der Waals surface area contributed by atoms with Crippen LogP contribution in [0.25, 0.3) is 0 Å². The van der Waals surface area contributed by atoms with E-state index >= 15 is 0 Å². The quantitative estimate of drug-likeness (QED) is 0.813. The molecule has 1 saturated carbocycles. The van der Waals surface area contributed by atoms with E-state index in [2.05, 4.69) is 33.7 Å². The van der Waals surface area contributed by atoms with Gasteiger partial charge in [-0.2, -0.15) is 0 Å². The summed E-state index contributed by atoms with van der Waals surface area (Å²) in [5, 5.41) is 6.90. The molecule has 2 heterocycles. The predicted molar refractivity (Wildman–Crippen MR) is 86.3 cm³/mol. The van der Waals surface area contributed by atoms with E-state index in [1.54, 1.807) is 11.3 Å². The van der Waals surface area contributed by atoms with Gasteiger partial charge in [-0.15, -0.1) is 11.3 Å². The lowest BCUT2D eigenvalue weighted by Crippen LogP contribution is -2.21. The standard InChI is InChI=1S/C16H22N4S/c1-20(9-7-13-4-2-3-8-17-13)11-15-12-21-16(19-15)10-18-14-5-6-14/h2-4,8,12,14,18H,5-7,9-11H2,1H3. The largest absolute Gasteiger partial charge is 0.308 e. The Bertz CT molecular complexity index is 550. The third-order valence-corrected chi connectivity index (χ3v) is 4.52. The van der Waals surface area contributed by atoms with Crippen molar-refractivity contribution >= 4 is 11.3 Å². The topological polar surface area (TPSA) is 41.1 Å². The van der Waals surface area contributed by atoms with Gasteiger partial charge < -0.3 is 10.2 Å². The molecule has 3 rings (SSSR count). The van der Waals surface area contributed by atoms with E-state index in [0.29, 0.717) is 0 Å². The van der Waals surface area contributed by atoms with Gasteiger partial charge in [0, 0.05) is 49.4 Å². The van der Waals surface area contributed by atoms with Crippen LogP contribution in [0, 0.1) is 0 Å². The zero-order valence-electron chi connectivity index (χ0n) is 12.5. The lowest BCUT2D eigenvalue weighted by molar-refractivity contribution is 0.326. The average molecular weight is 302 g/mol. The van der Waals surface area contributed by atoms with Crippen LogP contribution >= 0.6 is 11.3 Å². The molecule has 1 aliphatic carbocycles. The van der Waals surface area contributed by atoms with Crippen molar-refractivity contribution in [2.45, 2.75) is 38.4 Å². The molecule has 5 heteroatoms. The van der Waals surface area contributed by atoms with Gasteiger partial charge in [0.05, 0.1) is 5.69 Å². The Kier molecular flexibility index (Phi) is 4.95. The Labute approximate surface area is 130 Å². The van der Waals surface area contributed by atoms with E-state index in [4.69, 9.17) is 4.98 Å². The summed E-state index contributed by atoms with van der Waals surface area (Å²) in [6.07, 6.45) is 5.50. The Hall–Kier alpha value is -1.30. The summed E-state index contributed by atoms with van der Waals surface area (Å²) in [4.78, 5) is 11.4. The van der Waals surface area contributed by atoms with Crippen LogP contribution in [0.4, 0.5) is 0 Å². The highest BCUT2D eigenvalue weighted by Gasteiger charge is 2.20. The minimum atomic E-state index is 0.749. The first kappa shape index (κ1) is 14.6. The van der Waals surface area contributed by atoms with Gasteiger partial charge in [0.15, 0.2) is 0 Å². The van der Waals surface area contributed by atoms with Gasteiger partial charge in [0.1, 0.15) is 5.01 Å². The molecule has 4 nitrogen and oxygen atoms in total. The van der Waals surface area contributed by atoms with E-state index in [1.165, 1.54) is 23.5 Å². The molecular weight excluding hydrogens is 280 g/mol. The number of rotatable bonds is 8. The third-order valence-electron chi connectivity index (χ3n) is 3.63. The monoisotopic (exact) mass is 302 g/mol. The maximum Gasteiger partial charge on any atom is 0.107 e. The maximum absolute atomic E-state index is 4.70. The lowest BCUT2D eigenvalue weighted by Gasteiger charge is -2.14. The van der Waals surface area contributed by atoms with Gasteiger partial charge in [0.25, 0.3) is 0 Å². The second-order valence-corrected chi connectivity index (χ2v) is 6.64. The minimum Gasteiger partial charge on any atom is -0.308 e. The van der Waals surface area contributed by atoms with E-state index in [-0.39, 0.29) is 0 Å². The number of thiazole rings is 1. The van der Waals surface area contributed by atoms with Crippen LogP contribution in [0.5, 0.6) is 0 Å². The van der Waals surface area contributed by atoms with Crippen molar-refractivity contribution in [2.75, 3.05) is 13.6 Å². The van der Waals surface area contributed by atoms with Crippen LogP contribution < -0.4 is 5.32 Å². The number of aromatic nitrogens is 2. The number of likely N-dealkylation sites (N-methyl/N-ethyl adjacent to an activating group) is 1. The Morgan fingerprint density at radius 3 is 3.00 bits per heavy atom. The van der Waals surface area contributed by atoms with Gasteiger partial charge in [0.2, 0.25) is 0 Å². The summed E-state index contributed by atoms with van der Waals surface area (Å²) in [5.74, 6) is 0. The highest BCUT2D eigenvalue weighted by molar-refractivity contribution is 7.09. The fourth-order valence-corrected chi connectivity index (χ4v) is 2.96. The van der Waals surface area contributed by atoms with E-state index in [1.807, 2.05) is 18.3 Å². The second-order valence-electron chi connectivity index (χ2n) is 5.70. The van der Waals surface area contributed by atoms with Crippen molar-refractivity contribution in [3.05, 3.63) is 46.2 Å². The Morgan fingerprint density at radius 1 is 1.33 bits per heavy atom. The van der Waals surface area contributed by atoms with Gasteiger partial charge >= 0.3 is 0 Å². The summed E-state index contributed by atoms with van der Waals surface area (Å²) >= 11 is 1.76. The number of nitrogens with zero attached hydrogens (tertiary/aromatic N) is 3. The molecule has 0 saturated heterocycles. The normalized spacial score (nSPS) is 14.8. The number of hydrogen-bond donors (Lipinski definition) is 1. The van der Waals surface area contributed by atoms with E-state index in [9.17, 15) is 0 Å². The van der Waals surface area contributed by atoms with Crippen LogP contribution in [-0.2, 0) is 19.5 Å². The molecule has 1 aliphatic rings. The zero-order valence-corrected chi connectivity index (χ0v) is 13.3. The number of hydrogen-bond acceptors (Lipinski definition) is 5. The van der Waals surface area contributed by atoms with Crippen LogP contribution in [0.3, 0.4) is 0 Å². The number of nitrogens with one attached hydrogen (secondary N) is 1. The Balaban J connectivity index is 1.42. The lowest BCUT2D eigenvalue weighted by atomic mass is 10.2. The van der Waals surface area contributed by atoms with Crippen molar-refractivity contribution in [3.63, 3.8) is 0 Å². The van der Waals surface area contributed by atoms with Crippen LogP contribution in [0.1, 0.15) is 29.2 Å². The Morgan fingerprint density at radius 2 is 2.24 bits per heavy atom. The van der Waals surface area contributed by atoms with Crippen LogP contribution in [0.2, 0.25) is 0 Å². The molecule has 0 bridgehead atoms. The second kappa shape index (κ2) is 7.11. The minimum absolute atomic E-state index is 0.749. The molecule has 0 aromatic carbocycles. The van der Waals surface area contributed by atoms with Gasteiger partial charge in [-0.3, -0.25) is 4.98 Å². The third kappa shape index (κ3) is 4.88. The van der Waals surface area contributed by atoms with Crippen molar-refractivity contribution in [2.24, 2.45) is 0 Å². The highest BCUT2D eigenvalue weighted by atomic mass is 32.1. The zero-order chi connectivity index (χ0) is 14.5. The molecule has 0 radical (unpaired) electrons. The molecule has 0 amide bonds. The first-order valence-electron chi connectivity index (χ1n) is 7.55. The maximum atomic E-state index is 4.70. The van der Waals surface area contributed by atoms with Gasteiger partial charge in [-0.1, -0.05) is 6.07 Å². The average Bonchev–Trinajstić information content (AvgIpc) is 3.24. The smallest absolute Gasteiger partial charge is 0.107 e. The first-order valence-corrected chi connectivity index (χ1v) is 8.42. The van der Waals surface area contributed by atoms with Crippen molar-refractivity contribution < 1.29 is 0 Å². The molecule has 1 N–H and O–H groups in total. The molecule has 1 fully saturated rings. The van der Waals surface area contributed by atoms with E-state index < -0.39 is 0 Å². The van der Waals surface area contributed by atoms with E-state index in [0.717, 1.165) is 37.8 Å². The van der Waals surface area contributed by atoms with Crippen LogP contribution in [-0.4, -0.2) is 34.5 Å². The van der Waals surface area contributed by atoms with Crippen molar-refractivity contribution in [1.29, 1.82) is 0 Å². The molecule has 0 aliphatic heterocycles. The first-order chi connectivity index (χ1) is 10.3. The van der Waals surface area contributed by atoms with Gasteiger partial charge in [-0.05, 0) is 32.0 Å². The van der Waals surface area contributed by atoms with Gasteiger partial charge in [-0.25, -0.2) is 4.98 Å². The summed E-state index contributed by atoms with van der Waals surface area (Å²) in [7, 11) is 2.14. The fraction of sp³-hybridized carbons (Fsp3) is 0.500. The van der Waals surface area contributed by atoms with Crippen molar-refractivity contribution in [1.82, 2.24) is 20.2 Å². The molecule has 0 atom stereocenters. The fourth-order valence-electron chi connectivity index (χ4n) is 2.23. The molecule has 112 valence electrons. The molecule has 0 spiro atoms. The van der Waals surface area contributed by atoms with Crippen molar-refractivity contribution in [3.8, 4) is 0 Å². The molecular formula is C16H22N4S. The summed E-state index contributed by atoms with van der Waals surface area (Å²) in [6, 6.07) is 6.83. The molecule has 2 aromatic rings. The molecule has 21 heavy (non-hydrogen) atoms. The summed E-state index contributed by atoms with van der Waals surface area (Å²) < 4.78 is 0. The summed E-state index contributed by atoms with van der Waals surface area (Å²) in [6.45, 7) is 2.84. The molecule has 2 aromatic heterocycles. The van der Waals surface area contributed by atoms with Crippen LogP contribution in [0.15, 0.2) is 29.8 Å². The highest BCUT2D eigenvalue weighted by Crippen LogP contribution is 2.20.